The molecular weight excluding hydrogens is 263 g/mol. The summed E-state index contributed by atoms with van der Waals surface area (Å²) in [5, 5.41) is 9.47. The summed E-state index contributed by atoms with van der Waals surface area (Å²) in [6.45, 7) is 3.80. The van der Waals surface area contributed by atoms with Crippen molar-refractivity contribution in [3.63, 3.8) is 0 Å². The molecule has 1 heterocycles. The molecule has 0 unspecified atom stereocenters. The predicted octanol–water partition coefficient (Wildman–Crippen LogP) is 1.72. The van der Waals surface area contributed by atoms with E-state index in [9.17, 15) is 23.1 Å². The summed E-state index contributed by atoms with van der Waals surface area (Å²) in [7, 11) is 0. The molecule has 0 atom stereocenters. The number of alkyl halides is 3. The Labute approximate surface area is 110 Å². The molecule has 0 spiro atoms. The summed E-state index contributed by atoms with van der Waals surface area (Å²) < 4.78 is 42.9. The third-order valence-corrected chi connectivity index (χ3v) is 3.24. The van der Waals surface area contributed by atoms with E-state index in [-0.39, 0.29) is 38.1 Å². The summed E-state index contributed by atoms with van der Waals surface area (Å²) in [5.41, 5.74) is -2.65. The van der Waals surface area contributed by atoms with Crippen LogP contribution in [-0.2, 0) is 9.53 Å². The van der Waals surface area contributed by atoms with Crippen molar-refractivity contribution in [2.24, 2.45) is 0 Å². The van der Waals surface area contributed by atoms with E-state index in [2.05, 4.69) is 0 Å². The fraction of sp³-hybridized carbons (Fsp3) is 0.917. The van der Waals surface area contributed by atoms with Crippen LogP contribution < -0.4 is 0 Å². The molecule has 0 radical (unpaired) electrons. The Morgan fingerprint density at radius 1 is 1.37 bits per heavy atom. The van der Waals surface area contributed by atoms with Gasteiger partial charge < -0.3 is 14.7 Å². The molecule has 112 valence electrons. The van der Waals surface area contributed by atoms with Crippen LogP contribution in [0.2, 0.25) is 0 Å². The van der Waals surface area contributed by atoms with Gasteiger partial charge in [-0.1, -0.05) is 0 Å². The zero-order chi connectivity index (χ0) is 14.7. The molecular formula is C12H20F3NO3. The second-order valence-corrected chi connectivity index (χ2v) is 5.08. The highest BCUT2D eigenvalue weighted by Crippen LogP contribution is 2.38. The number of nitrogens with zero attached hydrogens (tertiary/aromatic N) is 1. The molecule has 1 saturated heterocycles. The zero-order valence-corrected chi connectivity index (χ0v) is 11.2. The van der Waals surface area contributed by atoms with Gasteiger partial charge in [0.2, 0.25) is 5.91 Å². The molecule has 1 rings (SSSR count). The Kier molecular flexibility index (Phi) is 5.20. The van der Waals surface area contributed by atoms with Crippen molar-refractivity contribution < 1.29 is 27.8 Å². The SMILES string of the molecule is CC(C)OCCC(=O)N1CCC(O)(C(F)(F)F)CC1. The summed E-state index contributed by atoms with van der Waals surface area (Å²) in [5.74, 6) is -0.232. The number of rotatable bonds is 4. The van der Waals surface area contributed by atoms with Gasteiger partial charge in [0.05, 0.1) is 19.1 Å². The van der Waals surface area contributed by atoms with Crippen LogP contribution in [0.3, 0.4) is 0 Å². The molecule has 7 heteroatoms. The Bertz CT molecular complexity index is 310. The van der Waals surface area contributed by atoms with Crippen molar-refractivity contribution in [3.05, 3.63) is 0 Å². The first-order valence-corrected chi connectivity index (χ1v) is 6.34. The van der Waals surface area contributed by atoms with Crippen LogP contribution in [0.15, 0.2) is 0 Å². The Hall–Kier alpha value is -0.820. The van der Waals surface area contributed by atoms with E-state index in [1.54, 1.807) is 0 Å². The molecule has 4 nitrogen and oxygen atoms in total. The number of likely N-dealkylation sites (tertiary alicyclic amines) is 1. The van der Waals surface area contributed by atoms with E-state index in [0.717, 1.165) is 0 Å². The van der Waals surface area contributed by atoms with Crippen LogP contribution in [0.5, 0.6) is 0 Å². The number of halogens is 3. The van der Waals surface area contributed by atoms with Crippen molar-refractivity contribution in [1.29, 1.82) is 0 Å². The molecule has 1 aliphatic heterocycles. The third kappa shape index (κ3) is 4.35. The van der Waals surface area contributed by atoms with E-state index in [1.807, 2.05) is 13.8 Å². The van der Waals surface area contributed by atoms with Gasteiger partial charge in [-0.05, 0) is 13.8 Å². The second-order valence-electron chi connectivity index (χ2n) is 5.08. The highest BCUT2D eigenvalue weighted by atomic mass is 19.4. The Morgan fingerprint density at radius 3 is 2.32 bits per heavy atom. The van der Waals surface area contributed by atoms with Crippen molar-refractivity contribution >= 4 is 5.91 Å². The van der Waals surface area contributed by atoms with Crippen LogP contribution in [-0.4, -0.2) is 53.5 Å². The van der Waals surface area contributed by atoms with E-state index in [0.29, 0.717) is 0 Å². The Balaban J connectivity index is 2.39. The van der Waals surface area contributed by atoms with Gasteiger partial charge in [0, 0.05) is 25.9 Å². The first kappa shape index (κ1) is 16.2. The van der Waals surface area contributed by atoms with Gasteiger partial charge >= 0.3 is 6.18 Å². The van der Waals surface area contributed by atoms with Gasteiger partial charge in [0.1, 0.15) is 0 Å². The average Bonchev–Trinajstić information content (AvgIpc) is 2.27. The fourth-order valence-electron chi connectivity index (χ4n) is 1.95. The van der Waals surface area contributed by atoms with Crippen LogP contribution in [0.4, 0.5) is 13.2 Å². The molecule has 1 fully saturated rings. The smallest absolute Gasteiger partial charge is 0.380 e. The number of hydrogen-bond donors (Lipinski definition) is 1. The second kappa shape index (κ2) is 6.09. The quantitative estimate of drug-likeness (QED) is 0.854. The van der Waals surface area contributed by atoms with Gasteiger partial charge in [0.25, 0.3) is 0 Å². The van der Waals surface area contributed by atoms with Crippen molar-refractivity contribution in [2.45, 2.75) is 51.0 Å². The maximum Gasteiger partial charge on any atom is 0.417 e. The summed E-state index contributed by atoms with van der Waals surface area (Å²) in [6.07, 6.45) is -5.39. The minimum absolute atomic E-state index is 0.0180. The van der Waals surface area contributed by atoms with Gasteiger partial charge in [0.15, 0.2) is 5.60 Å². The molecule has 0 aliphatic carbocycles. The fourth-order valence-corrected chi connectivity index (χ4v) is 1.95. The molecule has 0 aromatic carbocycles. The van der Waals surface area contributed by atoms with E-state index < -0.39 is 24.6 Å². The van der Waals surface area contributed by atoms with Crippen LogP contribution in [0.1, 0.15) is 33.1 Å². The highest BCUT2D eigenvalue weighted by molar-refractivity contribution is 5.76. The van der Waals surface area contributed by atoms with Crippen LogP contribution in [0.25, 0.3) is 0 Å². The number of hydrogen-bond acceptors (Lipinski definition) is 3. The van der Waals surface area contributed by atoms with E-state index in [4.69, 9.17) is 4.74 Å². The minimum atomic E-state index is -4.64. The predicted molar refractivity (Wildman–Crippen MR) is 62.5 cm³/mol. The van der Waals surface area contributed by atoms with Gasteiger partial charge in [-0.2, -0.15) is 13.2 Å². The van der Waals surface area contributed by atoms with Crippen molar-refractivity contribution in [1.82, 2.24) is 4.90 Å². The number of piperidine rings is 1. The number of carbonyl (C=O) groups excluding carboxylic acids is 1. The lowest BCUT2D eigenvalue weighted by Crippen LogP contribution is -2.54. The normalized spacial score (nSPS) is 19.8. The molecule has 1 amide bonds. The lowest BCUT2D eigenvalue weighted by Gasteiger charge is -2.39. The first-order valence-electron chi connectivity index (χ1n) is 6.34. The topological polar surface area (TPSA) is 49.8 Å². The maximum absolute atomic E-state index is 12.6. The third-order valence-electron chi connectivity index (χ3n) is 3.24. The summed E-state index contributed by atoms with van der Waals surface area (Å²) >= 11 is 0. The van der Waals surface area contributed by atoms with Crippen molar-refractivity contribution in [2.75, 3.05) is 19.7 Å². The molecule has 0 aromatic heterocycles. The zero-order valence-electron chi connectivity index (χ0n) is 11.2. The summed E-state index contributed by atoms with van der Waals surface area (Å²) in [6, 6.07) is 0. The lowest BCUT2D eigenvalue weighted by atomic mass is 9.90. The first-order chi connectivity index (χ1) is 8.66. The van der Waals surface area contributed by atoms with Crippen molar-refractivity contribution in [3.8, 4) is 0 Å². The summed E-state index contributed by atoms with van der Waals surface area (Å²) in [4.78, 5) is 13.1. The van der Waals surface area contributed by atoms with Gasteiger partial charge in [-0.15, -0.1) is 0 Å². The standard InChI is InChI=1S/C12H20F3NO3/c1-9(2)19-8-3-10(17)16-6-4-11(18,5-7-16)12(13,14)15/h9,18H,3-8H2,1-2H3. The van der Waals surface area contributed by atoms with E-state index in [1.165, 1.54) is 4.90 Å². The molecule has 1 aliphatic rings. The minimum Gasteiger partial charge on any atom is -0.380 e. The van der Waals surface area contributed by atoms with Gasteiger partial charge in [-0.3, -0.25) is 4.79 Å². The average molecular weight is 283 g/mol. The van der Waals surface area contributed by atoms with E-state index >= 15 is 0 Å². The molecule has 19 heavy (non-hydrogen) atoms. The molecule has 0 aromatic rings. The number of aliphatic hydroxyl groups is 1. The van der Waals surface area contributed by atoms with Crippen LogP contribution >= 0.6 is 0 Å². The highest BCUT2D eigenvalue weighted by Gasteiger charge is 2.54. The molecule has 1 N–H and O–H groups in total. The molecule has 0 bridgehead atoms. The Morgan fingerprint density at radius 2 is 1.89 bits per heavy atom. The number of amides is 1. The van der Waals surface area contributed by atoms with Crippen LogP contribution in [0, 0.1) is 0 Å². The lowest BCUT2D eigenvalue weighted by molar-refractivity contribution is -0.272. The monoisotopic (exact) mass is 283 g/mol. The maximum atomic E-state index is 12.6. The molecule has 0 saturated carbocycles. The number of ether oxygens (including phenoxy) is 1. The van der Waals surface area contributed by atoms with Gasteiger partial charge in [-0.25, -0.2) is 0 Å². The largest absolute Gasteiger partial charge is 0.417 e. The number of carbonyl (C=O) groups is 1.